The number of hydrogen-bond acceptors (Lipinski definition) is 3. The van der Waals surface area contributed by atoms with Crippen LogP contribution in [-0.4, -0.2) is 36.0 Å². The van der Waals surface area contributed by atoms with Crippen molar-refractivity contribution in [2.45, 2.75) is 19.8 Å². The lowest BCUT2D eigenvalue weighted by molar-refractivity contribution is -0.126. The van der Waals surface area contributed by atoms with Gasteiger partial charge in [-0.2, -0.15) is 5.10 Å². The van der Waals surface area contributed by atoms with Gasteiger partial charge in [0.1, 0.15) is 0 Å². The van der Waals surface area contributed by atoms with E-state index in [0.717, 1.165) is 16.7 Å². The number of benzene rings is 2. The van der Waals surface area contributed by atoms with Crippen LogP contribution in [-0.2, 0) is 4.79 Å². The molecule has 3 rings (SSSR count). The maximum atomic E-state index is 12.6. The molecule has 0 radical (unpaired) electrons. The Kier molecular flexibility index (Phi) is 5.79. The van der Waals surface area contributed by atoms with Crippen LogP contribution < -0.4 is 5.43 Å². The molecular formula is C21H23N3O2. The molecule has 26 heavy (non-hydrogen) atoms. The summed E-state index contributed by atoms with van der Waals surface area (Å²) in [5, 5.41) is 4.02. The van der Waals surface area contributed by atoms with Gasteiger partial charge in [-0.25, -0.2) is 5.43 Å². The van der Waals surface area contributed by atoms with Gasteiger partial charge in [0.25, 0.3) is 5.91 Å². The minimum absolute atomic E-state index is 0.0454. The summed E-state index contributed by atoms with van der Waals surface area (Å²) in [6, 6.07) is 17.2. The van der Waals surface area contributed by atoms with E-state index in [0.29, 0.717) is 25.9 Å². The Morgan fingerprint density at radius 1 is 1.04 bits per heavy atom. The van der Waals surface area contributed by atoms with Crippen molar-refractivity contribution in [2.24, 2.45) is 11.0 Å². The molecule has 5 nitrogen and oxygen atoms in total. The van der Waals surface area contributed by atoms with Crippen molar-refractivity contribution in [3.8, 4) is 0 Å². The molecule has 2 aromatic rings. The quantitative estimate of drug-likeness (QED) is 0.681. The van der Waals surface area contributed by atoms with Crippen molar-refractivity contribution in [2.75, 3.05) is 13.1 Å². The third kappa shape index (κ3) is 4.36. The molecule has 2 amide bonds. The fourth-order valence-electron chi connectivity index (χ4n) is 3.13. The third-order valence-corrected chi connectivity index (χ3v) is 4.72. The molecule has 0 aromatic heterocycles. The number of aryl methyl sites for hydroxylation is 1. The van der Waals surface area contributed by atoms with Crippen LogP contribution in [0.5, 0.6) is 0 Å². The molecular weight excluding hydrogens is 326 g/mol. The Bertz CT molecular complexity index is 794. The first-order valence-electron chi connectivity index (χ1n) is 8.88. The first-order chi connectivity index (χ1) is 12.6. The largest absolute Gasteiger partial charge is 0.339 e. The molecule has 0 unspecified atom stereocenters. The third-order valence-electron chi connectivity index (χ3n) is 4.72. The Morgan fingerprint density at radius 2 is 1.69 bits per heavy atom. The lowest BCUT2D eigenvalue weighted by Crippen LogP contribution is -2.42. The summed E-state index contributed by atoms with van der Waals surface area (Å²) >= 11 is 0. The van der Waals surface area contributed by atoms with E-state index in [2.05, 4.69) is 10.5 Å². The predicted molar refractivity (Wildman–Crippen MR) is 102 cm³/mol. The van der Waals surface area contributed by atoms with Gasteiger partial charge in [0.05, 0.1) is 6.21 Å². The van der Waals surface area contributed by atoms with Gasteiger partial charge in [-0.3, -0.25) is 9.59 Å². The zero-order valence-electron chi connectivity index (χ0n) is 14.9. The second-order valence-electron chi connectivity index (χ2n) is 6.53. The number of carbonyl (C=O) groups is 2. The molecule has 1 N–H and O–H groups in total. The zero-order chi connectivity index (χ0) is 18.4. The Labute approximate surface area is 153 Å². The highest BCUT2D eigenvalue weighted by Crippen LogP contribution is 2.20. The lowest BCUT2D eigenvalue weighted by Gasteiger charge is -2.31. The number of rotatable bonds is 4. The molecule has 0 saturated carbocycles. The molecule has 5 heteroatoms. The maximum Gasteiger partial charge on any atom is 0.254 e. The maximum absolute atomic E-state index is 12.6. The monoisotopic (exact) mass is 349 g/mol. The predicted octanol–water partition coefficient (Wildman–Crippen LogP) is 3.00. The molecule has 1 heterocycles. The van der Waals surface area contributed by atoms with Gasteiger partial charge in [0.15, 0.2) is 0 Å². The van der Waals surface area contributed by atoms with Crippen LogP contribution in [0.1, 0.15) is 34.3 Å². The molecule has 1 saturated heterocycles. The number of amides is 2. The standard InChI is InChI=1S/C21H23N3O2/c1-16-7-5-6-10-19(16)21(26)24-13-11-18(12-14-24)20(25)23-22-15-17-8-3-2-4-9-17/h2-10,15,18H,11-14H2,1H3,(H,23,25)/b22-15-. The first kappa shape index (κ1) is 17.9. The molecule has 1 aliphatic heterocycles. The normalized spacial score (nSPS) is 15.2. The highest BCUT2D eigenvalue weighted by Gasteiger charge is 2.28. The van der Waals surface area contributed by atoms with Crippen LogP contribution in [0.3, 0.4) is 0 Å². The van der Waals surface area contributed by atoms with E-state index in [1.165, 1.54) is 0 Å². The Hall–Kier alpha value is -2.95. The molecule has 0 atom stereocenters. The van der Waals surface area contributed by atoms with Gasteiger partial charge in [-0.1, -0.05) is 48.5 Å². The van der Waals surface area contributed by atoms with Crippen LogP contribution >= 0.6 is 0 Å². The first-order valence-corrected chi connectivity index (χ1v) is 8.88. The number of hydrazone groups is 1. The molecule has 0 bridgehead atoms. The van der Waals surface area contributed by atoms with Crippen molar-refractivity contribution in [1.29, 1.82) is 0 Å². The van der Waals surface area contributed by atoms with E-state index in [9.17, 15) is 9.59 Å². The average molecular weight is 349 g/mol. The smallest absolute Gasteiger partial charge is 0.254 e. The molecule has 2 aromatic carbocycles. The lowest BCUT2D eigenvalue weighted by atomic mass is 9.95. The fourth-order valence-corrected chi connectivity index (χ4v) is 3.13. The van der Waals surface area contributed by atoms with Crippen molar-refractivity contribution in [3.05, 3.63) is 71.3 Å². The van der Waals surface area contributed by atoms with Crippen LogP contribution in [0.15, 0.2) is 59.7 Å². The summed E-state index contributed by atoms with van der Waals surface area (Å²) < 4.78 is 0. The number of likely N-dealkylation sites (tertiary alicyclic amines) is 1. The van der Waals surface area contributed by atoms with Gasteiger partial charge in [0, 0.05) is 24.6 Å². The van der Waals surface area contributed by atoms with Crippen molar-refractivity contribution < 1.29 is 9.59 Å². The number of carbonyl (C=O) groups excluding carboxylic acids is 2. The van der Waals surface area contributed by atoms with Crippen molar-refractivity contribution in [1.82, 2.24) is 10.3 Å². The molecule has 0 aliphatic carbocycles. The fraction of sp³-hybridized carbons (Fsp3) is 0.286. The van der Waals surface area contributed by atoms with E-state index in [-0.39, 0.29) is 17.7 Å². The van der Waals surface area contributed by atoms with E-state index in [4.69, 9.17) is 0 Å². The van der Waals surface area contributed by atoms with Crippen LogP contribution in [0.4, 0.5) is 0 Å². The van der Waals surface area contributed by atoms with Crippen LogP contribution in [0.2, 0.25) is 0 Å². The average Bonchev–Trinajstić information content (AvgIpc) is 2.69. The number of hydrogen-bond donors (Lipinski definition) is 1. The second kappa shape index (κ2) is 8.43. The van der Waals surface area contributed by atoms with E-state index >= 15 is 0 Å². The Morgan fingerprint density at radius 3 is 2.38 bits per heavy atom. The van der Waals surface area contributed by atoms with E-state index in [1.807, 2.05) is 66.4 Å². The zero-order valence-corrected chi connectivity index (χ0v) is 14.9. The van der Waals surface area contributed by atoms with Crippen LogP contribution in [0.25, 0.3) is 0 Å². The summed E-state index contributed by atoms with van der Waals surface area (Å²) in [7, 11) is 0. The molecule has 1 aliphatic rings. The van der Waals surface area contributed by atoms with E-state index < -0.39 is 0 Å². The molecule has 134 valence electrons. The summed E-state index contributed by atoms with van der Waals surface area (Å²) in [5.41, 5.74) is 5.27. The number of nitrogens with zero attached hydrogens (tertiary/aromatic N) is 2. The minimum Gasteiger partial charge on any atom is -0.339 e. The SMILES string of the molecule is Cc1ccccc1C(=O)N1CCC(C(=O)N/N=C\c2ccccc2)CC1. The molecule has 1 fully saturated rings. The summed E-state index contributed by atoms with van der Waals surface area (Å²) in [4.78, 5) is 26.7. The summed E-state index contributed by atoms with van der Waals surface area (Å²) in [6.07, 6.45) is 2.95. The van der Waals surface area contributed by atoms with Crippen molar-refractivity contribution >= 4 is 18.0 Å². The van der Waals surface area contributed by atoms with Crippen LogP contribution in [0, 0.1) is 12.8 Å². The highest BCUT2D eigenvalue weighted by molar-refractivity contribution is 5.95. The van der Waals surface area contributed by atoms with Gasteiger partial charge in [0.2, 0.25) is 5.91 Å². The number of piperidine rings is 1. The molecule has 0 spiro atoms. The van der Waals surface area contributed by atoms with E-state index in [1.54, 1.807) is 6.21 Å². The van der Waals surface area contributed by atoms with Gasteiger partial charge >= 0.3 is 0 Å². The minimum atomic E-state index is -0.108. The summed E-state index contributed by atoms with van der Waals surface area (Å²) in [5.74, 6) is -0.145. The van der Waals surface area contributed by atoms with Gasteiger partial charge in [-0.15, -0.1) is 0 Å². The van der Waals surface area contributed by atoms with Crippen molar-refractivity contribution in [3.63, 3.8) is 0 Å². The second-order valence-corrected chi connectivity index (χ2v) is 6.53. The highest BCUT2D eigenvalue weighted by atomic mass is 16.2. The Balaban J connectivity index is 1.50. The van der Waals surface area contributed by atoms with Gasteiger partial charge < -0.3 is 4.90 Å². The number of nitrogens with one attached hydrogen (secondary N) is 1. The summed E-state index contributed by atoms with van der Waals surface area (Å²) in [6.45, 7) is 3.12. The van der Waals surface area contributed by atoms with Gasteiger partial charge in [-0.05, 0) is 37.0 Å². The topological polar surface area (TPSA) is 61.8 Å².